The van der Waals surface area contributed by atoms with Crippen LogP contribution in [0, 0.1) is 20.8 Å². The summed E-state index contributed by atoms with van der Waals surface area (Å²) in [5.74, 6) is 1.53. The monoisotopic (exact) mass is 328 g/mol. The van der Waals surface area contributed by atoms with Gasteiger partial charge in [-0.05, 0) is 50.1 Å². The molecule has 0 spiro atoms. The van der Waals surface area contributed by atoms with Crippen LogP contribution in [0.3, 0.4) is 0 Å². The molecule has 25 heavy (non-hydrogen) atoms. The molecule has 2 heterocycles. The molecule has 4 heteroatoms. The van der Waals surface area contributed by atoms with E-state index in [1.807, 2.05) is 37.3 Å². The molecule has 4 aromatic rings. The molecule has 0 unspecified atom stereocenters. The summed E-state index contributed by atoms with van der Waals surface area (Å²) in [6.07, 6.45) is 0. The summed E-state index contributed by atoms with van der Waals surface area (Å²) in [6.45, 7) is 6.23. The van der Waals surface area contributed by atoms with Crippen LogP contribution >= 0.6 is 0 Å². The van der Waals surface area contributed by atoms with Gasteiger partial charge in [0.25, 0.3) is 0 Å². The minimum atomic E-state index is 0.710. The maximum absolute atomic E-state index is 4.80. The molecule has 124 valence electrons. The van der Waals surface area contributed by atoms with Gasteiger partial charge in [-0.3, -0.25) is 0 Å². The molecular formula is C21H20N4. The fraction of sp³-hybridized carbons (Fsp3) is 0.143. The molecular weight excluding hydrogens is 308 g/mol. The zero-order valence-electron chi connectivity index (χ0n) is 14.6. The Labute approximate surface area is 147 Å². The predicted octanol–water partition coefficient (Wildman–Crippen LogP) is 5.29. The van der Waals surface area contributed by atoms with Crippen LogP contribution in [0.1, 0.15) is 16.8 Å². The van der Waals surface area contributed by atoms with Crippen LogP contribution in [0.15, 0.2) is 54.6 Å². The van der Waals surface area contributed by atoms with Gasteiger partial charge in [-0.2, -0.15) is 0 Å². The molecule has 2 aromatic carbocycles. The molecule has 4 nitrogen and oxygen atoms in total. The van der Waals surface area contributed by atoms with Crippen molar-refractivity contribution in [2.45, 2.75) is 20.8 Å². The Morgan fingerprint density at radius 1 is 0.840 bits per heavy atom. The number of nitrogens with zero attached hydrogens (tertiary/aromatic N) is 2. The SMILES string of the molecule is Cc1cc(C)cc(Nc2nc(-c3ccccc3)nc3[nH]c(C)cc23)c1. The lowest BCUT2D eigenvalue weighted by molar-refractivity contribution is 1.19. The first-order valence-corrected chi connectivity index (χ1v) is 8.36. The van der Waals surface area contributed by atoms with Crippen molar-refractivity contribution in [2.75, 3.05) is 5.32 Å². The summed E-state index contributed by atoms with van der Waals surface area (Å²) in [6, 6.07) is 18.5. The van der Waals surface area contributed by atoms with Gasteiger partial charge in [0, 0.05) is 16.9 Å². The van der Waals surface area contributed by atoms with Gasteiger partial charge in [0.2, 0.25) is 0 Å². The second-order valence-corrected chi connectivity index (χ2v) is 6.48. The van der Waals surface area contributed by atoms with Gasteiger partial charge in [0.1, 0.15) is 11.5 Å². The van der Waals surface area contributed by atoms with Gasteiger partial charge < -0.3 is 10.3 Å². The van der Waals surface area contributed by atoms with Crippen molar-refractivity contribution in [3.63, 3.8) is 0 Å². The van der Waals surface area contributed by atoms with Crippen LogP contribution in [-0.2, 0) is 0 Å². The van der Waals surface area contributed by atoms with Crippen LogP contribution in [0.2, 0.25) is 0 Å². The molecule has 0 radical (unpaired) electrons. The summed E-state index contributed by atoms with van der Waals surface area (Å²) in [7, 11) is 0. The van der Waals surface area contributed by atoms with Gasteiger partial charge in [0.05, 0.1) is 5.39 Å². The molecule has 4 rings (SSSR count). The van der Waals surface area contributed by atoms with Crippen LogP contribution in [-0.4, -0.2) is 15.0 Å². The summed E-state index contributed by atoms with van der Waals surface area (Å²) >= 11 is 0. The normalized spacial score (nSPS) is 11.0. The topological polar surface area (TPSA) is 53.6 Å². The fourth-order valence-electron chi connectivity index (χ4n) is 3.14. The fourth-order valence-corrected chi connectivity index (χ4v) is 3.14. The van der Waals surface area contributed by atoms with Crippen molar-refractivity contribution >= 4 is 22.5 Å². The van der Waals surface area contributed by atoms with Gasteiger partial charge in [-0.25, -0.2) is 9.97 Å². The summed E-state index contributed by atoms with van der Waals surface area (Å²) < 4.78 is 0. The van der Waals surface area contributed by atoms with E-state index in [1.54, 1.807) is 0 Å². The van der Waals surface area contributed by atoms with Crippen molar-refractivity contribution in [1.82, 2.24) is 15.0 Å². The number of aromatic nitrogens is 3. The molecule has 0 saturated carbocycles. The third-order valence-electron chi connectivity index (χ3n) is 4.14. The highest BCUT2D eigenvalue weighted by Gasteiger charge is 2.12. The highest BCUT2D eigenvalue weighted by Crippen LogP contribution is 2.28. The van der Waals surface area contributed by atoms with Gasteiger partial charge in [-0.15, -0.1) is 0 Å². The number of anilines is 2. The van der Waals surface area contributed by atoms with E-state index in [2.05, 4.69) is 48.4 Å². The van der Waals surface area contributed by atoms with Crippen molar-refractivity contribution in [2.24, 2.45) is 0 Å². The zero-order valence-corrected chi connectivity index (χ0v) is 14.6. The second kappa shape index (κ2) is 6.06. The first-order chi connectivity index (χ1) is 12.1. The number of nitrogens with one attached hydrogen (secondary N) is 2. The van der Waals surface area contributed by atoms with E-state index in [-0.39, 0.29) is 0 Å². The van der Waals surface area contributed by atoms with Gasteiger partial charge in [0.15, 0.2) is 5.82 Å². The lowest BCUT2D eigenvalue weighted by atomic mass is 10.1. The predicted molar refractivity (Wildman–Crippen MR) is 103 cm³/mol. The molecule has 0 fully saturated rings. The van der Waals surface area contributed by atoms with E-state index in [9.17, 15) is 0 Å². The average molecular weight is 328 g/mol. The van der Waals surface area contributed by atoms with E-state index in [0.29, 0.717) is 5.82 Å². The standard InChI is InChI=1S/C21H20N4/c1-13-9-14(2)11-17(10-13)23-21-18-12-15(3)22-20(18)24-19(25-21)16-7-5-4-6-8-16/h4-12H,1-3H3,(H2,22,23,24,25). The van der Waals surface area contributed by atoms with Gasteiger partial charge in [-0.1, -0.05) is 36.4 Å². The summed E-state index contributed by atoms with van der Waals surface area (Å²) in [5.41, 5.74) is 6.40. The third-order valence-corrected chi connectivity index (χ3v) is 4.14. The van der Waals surface area contributed by atoms with Crippen LogP contribution < -0.4 is 5.32 Å². The smallest absolute Gasteiger partial charge is 0.163 e. The molecule has 0 aliphatic carbocycles. The second-order valence-electron chi connectivity index (χ2n) is 6.48. The number of aromatic amines is 1. The number of benzene rings is 2. The molecule has 2 aromatic heterocycles. The number of H-pyrrole nitrogens is 1. The van der Waals surface area contributed by atoms with Crippen molar-refractivity contribution in [1.29, 1.82) is 0 Å². The van der Waals surface area contributed by atoms with E-state index >= 15 is 0 Å². The Morgan fingerprint density at radius 3 is 2.28 bits per heavy atom. The first kappa shape index (κ1) is 15.4. The first-order valence-electron chi connectivity index (χ1n) is 8.36. The largest absolute Gasteiger partial charge is 0.343 e. The van der Waals surface area contributed by atoms with Crippen LogP contribution in [0.5, 0.6) is 0 Å². The highest BCUT2D eigenvalue weighted by atomic mass is 15.1. The molecule has 0 aliphatic rings. The number of fused-ring (bicyclic) bond motifs is 1. The zero-order chi connectivity index (χ0) is 17.4. The number of rotatable bonds is 3. The third kappa shape index (κ3) is 3.11. The number of hydrogen-bond donors (Lipinski definition) is 2. The Kier molecular flexibility index (Phi) is 3.73. The van der Waals surface area contributed by atoms with E-state index in [4.69, 9.17) is 9.97 Å². The van der Waals surface area contributed by atoms with Crippen LogP contribution in [0.4, 0.5) is 11.5 Å². The van der Waals surface area contributed by atoms with E-state index in [0.717, 1.165) is 33.8 Å². The lowest BCUT2D eigenvalue weighted by Gasteiger charge is -2.10. The van der Waals surface area contributed by atoms with E-state index < -0.39 is 0 Å². The lowest BCUT2D eigenvalue weighted by Crippen LogP contribution is -1.99. The van der Waals surface area contributed by atoms with Gasteiger partial charge >= 0.3 is 0 Å². The minimum absolute atomic E-state index is 0.710. The molecule has 0 atom stereocenters. The van der Waals surface area contributed by atoms with Crippen LogP contribution in [0.25, 0.3) is 22.4 Å². The number of hydrogen-bond acceptors (Lipinski definition) is 3. The Morgan fingerprint density at radius 2 is 1.56 bits per heavy atom. The molecule has 0 aliphatic heterocycles. The quantitative estimate of drug-likeness (QED) is 0.537. The highest BCUT2D eigenvalue weighted by molar-refractivity contribution is 5.91. The van der Waals surface area contributed by atoms with Crippen molar-refractivity contribution < 1.29 is 0 Å². The number of aryl methyl sites for hydroxylation is 3. The Bertz CT molecular complexity index is 1030. The molecule has 0 bridgehead atoms. The Hall–Kier alpha value is -3.14. The maximum atomic E-state index is 4.80. The Balaban J connectivity index is 1.86. The minimum Gasteiger partial charge on any atom is -0.343 e. The molecule has 0 amide bonds. The van der Waals surface area contributed by atoms with E-state index in [1.165, 1.54) is 11.1 Å². The summed E-state index contributed by atoms with van der Waals surface area (Å²) in [4.78, 5) is 12.8. The summed E-state index contributed by atoms with van der Waals surface area (Å²) in [5, 5.41) is 4.48. The van der Waals surface area contributed by atoms with Crippen molar-refractivity contribution in [3.05, 3.63) is 71.4 Å². The molecule has 0 saturated heterocycles. The van der Waals surface area contributed by atoms with Crippen molar-refractivity contribution in [3.8, 4) is 11.4 Å². The maximum Gasteiger partial charge on any atom is 0.163 e. The molecule has 2 N–H and O–H groups in total. The average Bonchev–Trinajstić information content (AvgIpc) is 2.95.